The van der Waals surface area contributed by atoms with Crippen LogP contribution in [0.1, 0.15) is 56.4 Å². The van der Waals surface area contributed by atoms with Gasteiger partial charge in [0.25, 0.3) is 0 Å². The number of nitrogens with zero attached hydrogens (tertiary/aromatic N) is 2. The fourth-order valence-electron chi connectivity index (χ4n) is 4.87. The third-order valence-corrected chi connectivity index (χ3v) is 8.02. The number of hydrogen-bond donors (Lipinski definition) is 1. The Labute approximate surface area is 213 Å². The van der Waals surface area contributed by atoms with E-state index in [4.69, 9.17) is 22.2 Å². The number of aryl methyl sites for hydroxylation is 1. The quantitative estimate of drug-likeness (QED) is 0.253. The molecule has 1 saturated heterocycles. The average Bonchev–Trinajstić information content (AvgIpc) is 3.11. The molecule has 1 aromatic heterocycles. The van der Waals surface area contributed by atoms with Crippen LogP contribution in [0.4, 0.5) is 0 Å². The first-order valence-corrected chi connectivity index (χ1v) is 14.1. The van der Waals surface area contributed by atoms with Crippen molar-refractivity contribution in [2.45, 2.75) is 46.0 Å². The molecule has 1 atom stereocenters. The average molecular weight is 500 g/mol. The maximum atomic E-state index is 6.68. The third kappa shape index (κ3) is 6.05. The van der Waals surface area contributed by atoms with Gasteiger partial charge in [-0.15, -0.1) is 0 Å². The predicted molar refractivity (Wildman–Crippen MR) is 148 cm³/mol. The van der Waals surface area contributed by atoms with E-state index in [1.165, 1.54) is 41.1 Å². The summed E-state index contributed by atoms with van der Waals surface area (Å²) in [5.74, 6) is 10.9. The van der Waals surface area contributed by atoms with Gasteiger partial charge in [0.15, 0.2) is 0 Å². The lowest BCUT2D eigenvalue weighted by Gasteiger charge is -2.25. The van der Waals surface area contributed by atoms with E-state index in [9.17, 15) is 0 Å². The summed E-state index contributed by atoms with van der Waals surface area (Å²) in [6, 6.07) is 14.5. The van der Waals surface area contributed by atoms with E-state index in [0.29, 0.717) is 5.92 Å². The zero-order valence-electron chi connectivity index (χ0n) is 20.7. The Bertz CT molecular complexity index is 1090. The van der Waals surface area contributed by atoms with Crippen molar-refractivity contribution < 1.29 is 4.74 Å². The second-order valence-electron chi connectivity index (χ2n) is 9.78. The Morgan fingerprint density at radius 1 is 1.09 bits per heavy atom. The summed E-state index contributed by atoms with van der Waals surface area (Å²) in [5, 5.41) is 1.92. The molecule has 0 saturated carbocycles. The summed E-state index contributed by atoms with van der Waals surface area (Å²) in [7, 11) is 0. The lowest BCUT2D eigenvalue weighted by atomic mass is 9.91. The molecule has 0 spiro atoms. The summed E-state index contributed by atoms with van der Waals surface area (Å²) in [5.41, 5.74) is 4.73. The van der Waals surface area contributed by atoms with Gasteiger partial charge >= 0.3 is 0 Å². The lowest BCUT2D eigenvalue weighted by Crippen LogP contribution is -2.33. The first kappa shape index (κ1) is 25.3. The SMILES string of the molecule is CC(C)CCc1c(C(C)c2cccc(OCCCN3CCSCC3)c2)n(N)c2ccc(Cl)cc12. The number of rotatable bonds is 10. The van der Waals surface area contributed by atoms with Crippen LogP contribution in [0.15, 0.2) is 42.5 Å². The summed E-state index contributed by atoms with van der Waals surface area (Å²) in [6.07, 6.45) is 3.16. The molecule has 3 aromatic rings. The number of benzene rings is 2. The van der Waals surface area contributed by atoms with Crippen LogP contribution in [0.2, 0.25) is 5.02 Å². The molecular formula is C28H38ClN3OS. The minimum absolute atomic E-state index is 0.146. The zero-order chi connectivity index (χ0) is 24.1. The molecule has 0 radical (unpaired) electrons. The molecule has 2 heterocycles. The van der Waals surface area contributed by atoms with Gasteiger partial charge in [0.2, 0.25) is 0 Å². The number of hydrogen-bond acceptors (Lipinski definition) is 4. The molecule has 0 aliphatic carbocycles. The molecule has 0 amide bonds. The second-order valence-corrected chi connectivity index (χ2v) is 11.4. The number of thioether (sulfide) groups is 1. The number of nitrogens with two attached hydrogens (primary N) is 1. The normalized spacial score (nSPS) is 15.8. The van der Waals surface area contributed by atoms with Gasteiger partial charge in [-0.2, -0.15) is 11.8 Å². The number of ether oxygens (including phenoxy) is 1. The number of fused-ring (bicyclic) bond motifs is 1. The smallest absolute Gasteiger partial charge is 0.119 e. The van der Waals surface area contributed by atoms with Crippen LogP contribution < -0.4 is 10.6 Å². The van der Waals surface area contributed by atoms with Crippen LogP contribution in [0.3, 0.4) is 0 Å². The highest BCUT2D eigenvalue weighted by Crippen LogP contribution is 2.36. The van der Waals surface area contributed by atoms with Crippen LogP contribution in [0.25, 0.3) is 10.9 Å². The van der Waals surface area contributed by atoms with E-state index < -0.39 is 0 Å². The number of halogens is 1. The Kier molecular flexibility index (Phi) is 8.73. The fraction of sp³-hybridized carbons (Fsp3) is 0.500. The molecule has 1 aliphatic rings. The van der Waals surface area contributed by atoms with E-state index in [2.05, 4.69) is 67.8 Å². The second kappa shape index (κ2) is 11.7. The number of nitrogen functional groups attached to an aromatic ring is 1. The predicted octanol–water partition coefficient (Wildman–Crippen LogP) is 6.57. The van der Waals surface area contributed by atoms with Crippen molar-refractivity contribution in [1.82, 2.24) is 9.58 Å². The van der Waals surface area contributed by atoms with Gasteiger partial charge in [0.05, 0.1) is 17.8 Å². The van der Waals surface area contributed by atoms with E-state index in [0.717, 1.165) is 54.4 Å². The molecule has 4 nitrogen and oxygen atoms in total. The lowest BCUT2D eigenvalue weighted by molar-refractivity contribution is 0.248. The van der Waals surface area contributed by atoms with Crippen LogP contribution in [0, 0.1) is 5.92 Å². The van der Waals surface area contributed by atoms with Crippen molar-refractivity contribution in [3.63, 3.8) is 0 Å². The van der Waals surface area contributed by atoms with Gasteiger partial charge in [-0.25, -0.2) is 0 Å². The highest BCUT2D eigenvalue weighted by molar-refractivity contribution is 7.99. The molecule has 1 aliphatic heterocycles. The molecule has 184 valence electrons. The monoisotopic (exact) mass is 499 g/mol. The van der Waals surface area contributed by atoms with Crippen molar-refractivity contribution >= 4 is 34.3 Å². The maximum Gasteiger partial charge on any atom is 0.119 e. The van der Waals surface area contributed by atoms with Crippen LogP contribution in [-0.4, -0.2) is 47.3 Å². The van der Waals surface area contributed by atoms with E-state index in [1.807, 2.05) is 16.8 Å². The summed E-state index contributed by atoms with van der Waals surface area (Å²) in [4.78, 5) is 2.55. The van der Waals surface area contributed by atoms with Crippen molar-refractivity contribution in [2.75, 3.05) is 43.6 Å². The van der Waals surface area contributed by atoms with Gasteiger partial charge in [0, 0.05) is 47.5 Å². The van der Waals surface area contributed by atoms with Crippen LogP contribution in [-0.2, 0) is 6.42 Å². The van der Waals surface area contributed by atoms with E-state index >= 15 is 0 Å². The molecular weight excluding hydrogens is 462 g/mol. The van der Waals surface area contributed by atoms with Crippen molar-refractivity contribution in [3.8, 4) is 5.75 Å². The molecule has 1 unspecified atom stereocenters. The molecule has 6 heteroatoms. The summed E-state index contributed by atoms with van der Waals surface area (Å²) in [6.45, 7) is 11.0. The zero-order valence-corrected chi connectivity index (χ0v) is 22.3. The first-order valence-electron chi connectivity index (χ1n) is 12.5. The first-order chi connectivity index (χ1) is 16.4. The molecule has 0 bridgehead atoms. The standard InChI is InChI=1S/C28H38ClN3OS/c1-20(2)8-10-25-26-19-23(29)9-11-27(26)32(30)28(25)21(3)22-6-4-7-24(18-22)33-15-5-12-31-13-16-34-17-14-31/h4,6-7,9,11,18-21H,5,8,10,12-17,30H2,1-3H3. The fourth-order valence-corrected chi connectivity index (χ4v) is 6.02. The van der Waals surface area contributed by atoms with Gasteiger partial charge in [-0.1, -0.05) is 44.5 Å². The minimum Gasteiger partial charge on any atom is -0.494 e. The van der Waals surface area contributed by atoms with Crippen molar-refractivity contribution in [2.24, 2.45) is 5.92 Å². The Hall–Kier alpha value is -1.82. The van der Waals surface area contributed by atoms with Crippen molar-refractivity contribution in [1.29, 1.82) is 0 Å². The molecule has 4 rings (SSSR count). The van der Waals surface area contributed by atoms with Crippen molar-refractivity contribution in [3.05, 3.63) is 64.3 Å². The summed E-state index contributed by atoms with van der Waals surface area (Å²) < 4.78 is 8.02. The minimum atomic E-state index is 0.146. The molecule has 2 aromatic carbocycles. The van der Waals surface area contributed by atoms with Crippen LogP contribution >= 0.6 is 23.4 Å². The Morgan fingerprint density at radius 3 is 2.65 bits per heavy atom. The maximum absolute atomic E-state index is 6.68. The van der Waals surface area contributed by atoms with Gasteiger partial charge in [0.1, 0.15) is 5.75 Å². The highest BCUT2D eigenvalue weighted by atomic mass is 35.5. The van der Waals surface area contributed by atoms with Crippen LogP contribution in [0.5, 0.6) is 5.75 Å². The Morgan fingerprint density at radius 2 is 1.88 bits per heavy atom. The third-order valence-electron chi connectivity index (χ3n) is 6.84. The number of aromatic nitrogens is 1. The Balaban J connectivity index is 1.51. The summed E-state index contributed by atoms with van der Waals surface area (Å²) >= 11 is 8.43. The molecule has 34 heavy (non-hydrogen) atoms. The molecule has 1 fully saturated rings. The van der Waals surface area contributed by atoms with Gasteiger partial charge in [-0.3, -0.25) is 4.68 Å². The topological polar surface area (TPSA) is 43.4 Å². The van der Waals surface area contributed by atoms with Gasteiger partial charge < -0.3 is 15.5 Å². The largest absolute Gasteiger partial charge is 0.494 e. The van der Waals surface area contributed by atoms with E-state index in [1.54, 1.807) is 0 Å². The van der Waals surface area contributed by atoms with E-state index in [-0.39, 0.29) is 5.92 Å². The highest BCUT2D eigenvalue weighted by Gasteiger charge is 2.22. The molecule has 2 N–H and O–H groups in total. The van der Waals surface area contributed by atoms with Gasteiger partial charge in [-0.05, 0) is 66.6 Å².